The maximum Gasteiger partial charge on any atom is 0.140 e. The van der Waals surface area contributed by atoms with Gasteiger partial charge in [-0.25, -0.2) is 0 Å². The van der Waals surface area contributed by atoms with E-state index in [1.54, 1.807) is 0 Å². The predicted octanol–water partition coefficient (Wildman–Crippen LogP) is 1.74. The van der Waals surface area contributed by atoms with E-state index in [1.807, 2.05) is 6.20 Å². The van der Waals surface area contributed by atoms with Crippen molar-refractivity contribution in [2.45, 2.75) is 37.6 Å². The number of nitrogens with two attached hydrogens (primary N) is 1. The molecule has 3 rings (SSSR count). The van der Waals surface area contributed by atoms with Crippen LogP contribution in [0.25, 0.3) is 0 Å². The lowest BCUT2D eigenvalue weighted by atomic mass is 9.93. The molecule has 1 saturated carbocycles. The van der Waals surface area contributed by atoms with Gasteiger partial charge >= 0.3 is 0 Å². The zero-order valence-corrected chi connectivity index (χ0v) is 8.83. The summed E-state index contributed by atoms with van der Waals surface area (Å²) in [5.74, 6) is 0.945. The third-order valence-corrected chi connectivity index (χ3v) is 3.58. The second-order valence-corrected chi connectivity index (χ2v) is 4.64. The summed E-state index contributed by atoms with van der Waals surface area (Å²) in [5.41, 5.74) is 8.54. The number of hydrogen-bond donors (Lipinski definition) is 1. The molecule has 1 aromatic heterocycles. The van der Waals surface area contributed by atoms with Crippen molar-refractivity contribution in [2.75, 3.05) is 6.61 Å². The van der Waals surface area contributed by atoms with E-state index in [0.717, 1.165) is 37.3 Å². The zero-order valence-electron chi connectivity index (χ0n) is 8.83. The van der Waals surface area contributed by atoms with E-state index in [4.69, 9.17) is 10.5 Å². The molecule has 0 atom stereocenters. The average molecular weight is 204 g/mol. The molecule has 0 bridgehead atoms. The highest BCUT2D eigenvalue weighted by Gasteiger charge is 2.33. The number of rotatable bonds is 1. The molecule has 0 aromatic carbocycles. The van der Waals surface area contributed by atoms with Crippen LogP contribution in [0.4, 0.5) is 0 Å². The van der Waals surface area contributed by atoms with E-state index < -0.39 is 0 Å². The molecule has 1 aliphatic carbocycles. The first kappa shape index (κ1) is 9.16. The molecule has 0 radical (unpaired) electrons. The lowest BCUT2D eigenvalue weighted by Gasteiger charge is -2.23. The molecule has 0 saturated heterocycles. The van der Waals surface area contributed by atoms with Gasteiger partial charge in [-0.1, -0.05) is 12.8 Å². The number of hydrogen-bond acceptors (Lipinski definition) is 3. The fourth-order valence-electron chi connectivity index (χ4n) is 2.62. The van der Waals surface area contributed by atoms with Crippen LogP contribution in [-0.4, -0.2) is 11.6 Å². The Balaban J connectivity index is 1.98. The van der Waals surface area contributed by atoms with Crippen LogP contribution in [-0.2, 0) is 12.0 Å². The molecule has 1 aromatic rings. The molecule has 0 unspecified atom stereocenters. The normalized spacial score (nSPS) is 22.5. The standard InChI is InChI=1S/C12H16N2O/c13-12(4-1-2-5-12)11-7-9-3-6-15-10(9)8-14-11/h7-8H,1-6,13H2. The van der Waals surface area contributed by atoms with Crippen molar-refractivity contribution in [3.05, 3.63) is 23.5 Å². The Morgan fingerprint density at radius 3 is 2.93 bits per heavy atom. The van der Waals surface area contributed by atoms with Gasteiger partial charge in [0.15, 0.2) is 0 Å². The van der Waals surface area contributed by atoms with Gasteiger partial charge in [-0.15, -0.1) is 0 Å². The largest absolute Gasteiger partial charge is 0.491 e. The van der Waals surface area contributed by atoms with E-state index in [2.05, 4.69) is 11.1 Å². The van der Waals surface area contributed by atoms with E-state index in [9.17, 15) is 0 Å². The summed E-state index contributed by atoms with van der Waals surface area (Å²) in [6, 6.07) is 2.15. The molecule has 2 heterocycles. The fourth-order valence-corrected chi connectivity index (χ4v) is 2.62. The van der Waals surface area contributed by atoms with Crippen LogP contribution in [0.2, 0.25) is 0 Å². The van der Waals surface area contributed by atoms with Crippen molar-refractivity contribution in [3.63, 3.8) is 0 Å². The van der Waals surface area contributed by atoms with Crippen LogP contribution in [0.5, 0.6) is 5.75 Å². The Hall–Kier alpha value is -1.09. The molecule has 1 aliphatic heterocycles. The lowest BCUT2D eigenvalue weighted by Crippen LogP contribution is -2.34. The highest BCUT2D eigenvalue weighted by molar-refractivity contribution is 5.37. The number of nitrogens with zero attached hydrogens (tertiary/aromatic N) is 1. The second kappa shape index (κ2) is 3.20. The quantitative estimate of drug-likeness (QED) is 0.758. The fraction of sp³-hybridized carbons (Fsp3) is 0.583. The van der Waals surface area contributed by atoms with E-state index >= 15 is 0 Å². The second-order valence-electron chi connectivity index (χ2n) is 4.64. The third-order valence-electron chi connectivity index (χ3n) is 3.58. The molecule has 15 heavy (non-hydrogen) atoms. The van der Waals surface area contributed by atoms with Gasteiger partial charge in [0.1, 0.15) is 5.75 Å². The Kier molecular flexibility index (Phi) is 1.96. The van der Waals surface area contributed by atoms with Crippen molar-refractivity contribution in [3.8, 4) is 5.75 Å². The Bertz CT molecular complexity index is 383. The molecule has 2 N–H and O–H groups in total. The van der Waals surface area contributed by atoms with E-state index in [0.29, 0.717) is 0 Å². The monoisotopic (exact) mass is 204 g/mol. The van der Waals surface area contributed by atoms with Crippen LogP contribution in [0, 0.1) is 0 Å². The molecule has 0 spiro atoms. The lowest BCUT2D eigenvalue weighted by molar-refractivity contribution is 0.355. The molecule has 3 nitrogen and oxygen atoms in total. The van der Waals surface area contributed by atoms with Gasteiger partial charge in [-0.2, -0.15) is 0 Å². The average Bonchev–Trinajstić information content (AvgIpc) is 2.85. The minimum atomic E-state index is -0.169. The van der Waals surface area contributed by atoms with E-state index in [-0.39, 0.29) is 5.54 Å². The highest BCUT2D eigenvalue weighted by atomic mass is 16.5. The molecule has 2 aliphatic rings. The SMILES string of the molecule is NC1(c2cc3c(cn2)OCC3)CCCC1. The van der Waals surface area contributed by atoms with E-state index in [1.165, 1.54) is 18.4 Å². The van der Waals surface area contributed by atoms with Crippen LogP contribution in [0.3, 0.4) is 0 Å². The minimum Gasteiger partial charge on any atom is -0.491 e. The summed E-state index contributed by atoms with van der Waals surface area (Å²) in [5, 5.41) is 0. The van der Waals surface area contributed by atoms with Gasteiger partial charge < -0.3 is 10.5 Å². The maximum atomic E-state index is 6.37. The van der Waals surface area contributed by atoms with Gasteiger partial charge in [0.2, 0.25) is 0 Å². The van der Waals surface area contributed by atoms with Crippen molar-refractivity contribution < 1.29 is 4.74 Å². The topological polar surface area (TPSA) is 48.1 Å². The highest BCUT2D eigenvalue weighted by Crippen LogP contribution is 2.37. The Labute approximate surface area is 89.6 Å². The first-order chi connectivity index (χ1) is 7.28. The van der Waals surface area contributed by atoms with Gasteiger partial charge in [0, 0.05) is 12.0 Å². The third kappa shape index (κ3) is 1.42. The molecule has 80 valence electrons. The summed E-state index contributed by atoms with van der Waals surface area (Å²) in [4.78, 5) is 4.45. The van der Waals surface area contributed by atoms with Crippen molar-refractivity contribution in [2.24, 2.45) is 5.73 Å². The number of pyridine rings is 1. The number of fused-ring (bicyclic) bond motifs is 1. The van der Waals surface area contributed by atoms with Crippen molar-refractivity contribution in [1.82, 2.24) is 4.98 Å². The van der Waals surface area contributed by atoms with Crippen molar-refractivity contribution in [1.29, 1.82) is 0 Å². The van der Waals surface area contributed by atoms with Gasteiger partial charge in [-0.3, -0.25) is 4.98 Å². The van der Waals surface area contributed by atoms with Crippen LogP contribution in [0.15, 0.2) is 12.3 Å². The zero-order chi connectivity index (χ0) is 10.3. The summed E-state index contributed by atoms with van der Waals surface area (Å²) >= 11 is 0. The Morgan fingerprint density at radius 2 is 2.13 bits per heavy atom. The molecule has 3 heteroatoms. The van der Waals surface area contributed by atoms with Crippen LogP contribution in [0.1, 0.15) is 36.9 Å². The maximum absolute atomic E-state index is 6.37. The van der Waals surface area contributed by atoms with Gasteiger partial charge in [-0.05, 0) is 18.9 Å². The Morgan fingerprint density at radius 1 is 1.33 bits per heavy atom. The predicted molar refractivity (Wildman–Crippen MR) is 57.8 cm³/mol. The molecular formula is C12H16N2O. The van der Waals surface area contributed by atoms with Crippen molar-refractivity contribution >= 4 is 0 Å². The van der Waals surface area contributed by atoms with Gasteiger partial charge in [0.05, 0.1) is 24.0 Å². The van der Waals surface area contributed by atoms with Crippen LogP contribution < -0.4 is 10.5 Å². The summed E-state index contributed by atoms with van der Waals surface area (Å²) in [7, 11) is 0. The van der Waals surface area contributed by atoms with Crippen LogP contribution >= 0.6 is 0 Å². The smallest absolute Gasteiger partial charge is 0.140 e. The first-order valence-corrected chi connectivity index (χ1v) is 5.69. The summed E-state index contributed by atoms with van der Waals surface area (Å²) < 4.78 is 5.45. The minimum absolute atomic E-state index is 0.169. The molecular weight excluding hydrogens is 188 g/mol. The number of ether oxygens (including phenoxy) is 1. The van der Waals surface area contributed by atoms with Gasteiger partial charge in [0.25, 0.3) is 0 Å². The molecule has 0 amide bonds. The summed E-state index contributed by atoms with van der Waals surface area (Å²) in [6.07, 6.45) is 7.43. The summed E-state index contributed by atoms with van der Waals surface area (Å²) in [6.45, 7) is 0.790. The first-order valence-electron chi connectivity index (χ1n) is 5.69. The number of aromatic nitrogens is 1. The molecule has 1 fully saturated rings.